The van der Waals surface area contributed by atoms with Crippen molar-refractivity contribution >= 4 is 34.1 Å². The molecule has 1 heterocycles. The van der Waals surface area contributed by atoms with Gasteiger partial charge < -0.3 is 4.42 Å². The van der Waals surface area contributed by atoms with Crippen LogP contribution < -0.4 is 0 Å². The van der Waals surface area contributed by atoms with Crippen LogP contribution in [0.5, 0.6) is 0 Å². The molecule has 3 nitrogen and oxygen atoms in total. The summed E-state index contributed by atoms with van der Waals surface area (Å²) < 4.78 is 5.78. The van der Waals surface area contributed by atoms with Gasteiger partial charge in [0.05, 0.1) is 0 Å². The SMILES string of the molecule is Clc1ccccc1CSc1nnc(-c2ccc3ccccc3c2)o1. The Kier molecular flexibility index (Phi) is 4.24. The molecule has 118 valence electrons. The van der Waals surface area contributed by atoms with Gasteiger partial charge in [-0.25, -0.2) is 0 Å². The minimum Gasteiger partial charge on any atom is -0.411 e. The average molecular weight is 353 g/mol. The maximum Gasteiger partial charge on any atom is 0.277 e. The second kappa shape index (κ2) is 6.67. The van der Waals surface area contributed by atoms with Crippen LogP contribution in [0.4, 0.5) is 0 Å². The molecule has 0 aliphatic carbocycles. The van der Waals surface area contributed by atoms with E-state index in [9.17, 15) is 0 Å². The summed E-state index contributed by atoms with van der Waals surface area (Å²) in [6.07, 6.45) is 0. The topological polar surface area (TPSA) is 38.9 Å². The van der Waals surface area contributed by atoms with Gasteiger partial charge in [0.1, 0.15) is 0 Å². The summed E-state index contributed by atoms with van der Waals surface area (Å²) in [5.74, 6) is 1.22. The molecule has 3 aromatic carbocycles. The van der Waals surface area contributed by atoms with Crippen molar-refractivity contribution in [3.8, 4) is 11.5 Å². The number of aromatic nitrogens is 2. The van der Waals surface area contributed by atoms with Gasteiger partial charge in [0, 0.05) is 16.3 Å². The fraction of sp³-hybridized carbons (Fsp3) is 0.0526. The summed E-state index contributed by atoms with van der Waals surface area (Å²) in [5.41, 5.74) is 1.97. The number of nitrogens with zero attached hydrogens (tertiary/aromatic N) is 2. The van der Waals surface area contributed by atoms with Crippen LogP contribution in [-0.4, -0.2) is 10.2 Å². The highest BCUT2D eigenvalue weighted by molar-refractivity contribution is 7.98. The third-order valence-corrected chi connectivity index (χ3v) is 4.95. The lowest BCUT2D eigenvalue weighted by Crippen LogP contribution is -1.81. The lowest BCUT2D eigenvalue weighted by molar-refractivity contribution is 0.466. The van der Waals surface area contributed by atoms with Crippen molar-refractivity contribution in [1.82, 2.24) is 10.2 Å². The minimum absolute atomic E-state index is 0.530. The summed E-state index contributed by atoms with van der Waals surface area (Å²) in [6, 6.07) is 22.1. The van der Waals surface area contributed by atoms with E-state index in [-0.39, 0.29) is 0 Å². The molecule has 0 radical (unpaired) electrons. The molecule has 1 aromatic heterocycles. The fourth-order valence-corrected chi connectivity index (χ4v) is 3.51. The van der Waals surface area contributed by atoms with E-state index in [1.54, 1.807) is 0 Å². The van der Waals surface area contributed by atoms with Crippen molar-refractivity contribution in [2.45, 2.75) is 11.0 Å². The Morgan fingerprint density at radius 3 is 2.54 bits per heavy atom. The Morgan fingerprint density at radius 2 is 1.67 bits per heavy atom. The molecule has 5 heteroatoms. The molecule has 0 aliphatic rings. The maximum atomic E-state index is 6.17. The molecule has 0 aliphatic heterocycles. The molecule has 4 rings (SSSR count). The van der Waals surface area contributed by atoms with Gasteiger partial charge in [-0.1, -0.05) is 71.9 Å². The van der Waals surface area contributed by atoms with E-state index in [4.69, 9.17) is 16.0 Å². The van der Waals surface area contributed by atoms with E-state index >= 15 is 0 Å². The third-order valence-electron chi connectivity index (χ3n) is 3.71. The van der Waals surface area contributed by atoms with Gasteiger partial charge >= 0.3 is 0 Å². The van der Waals surface area contributed by atoms with Gasteiger partial charge in [-0.3, -0.25) is 0 Å². The van der Waals surface area contributed by atoms with E-state index in [1.165, 1.54) is 17.1 Å². The Hall–Kier alpha value is -2.30. The molecule has 0 saturated heterocycles. The second-order valence-corrected chi connectivity index (χ2v) is 6.65. The second-order valence-electron chi connectivity index (χ2n) is 5.32. The molecule has 0 spiro atoms. The summed E-state index contributed by atoms with van der Waals surface area (Å²) in [7, 11) is 0. The minimum atomic E-state index is 0.530. The Balaban J connectivity index is 1.54. The van der Waals surface area contributed by atoms with Crippen LogP contribution in [0, 0.1) is 0 Å². The zero-order valence-electron chi connectivity index (χ0n) is 12.6. The zero-order chi connectivity index (χ0) is 16.4. The molecule has 4 aromatic rings. The highest BCUT2D eigenvalue weighted by atomic mass is 35.5. The predicted molar refractivity (Wildman–Crippen MR) is 98.3 cm³/mol. The number of hydrogen-bond donors (Lipinski definition) is 0. The van der Waals surface area contributed by atoms with Gasteiger partial charge in [0.25, 0.3) is 5.22 Å². The van der Waals surface area contributed by atoms with Crippen molar-refractivity contribution in [3.63, 3.8) is 0 Å². The molecule has 0 saturated carbocycles. The van der Waals surface area contributed by atoms with Crippen molar-refractivity contribution in [2.24, 2.45) is 0 Å². The predicted octanol–water partition coefficient (Wildman–Crippen LogP) is 5.84. The van der Waals surface area contributed by atoms with Gasteiger partial charge in [0.15, 0.2) is 0 Å². The first-order chi connectivity index (χ1) is 11.8. The van der Waals surface area contributed by atoms with E-state index in [1.807, 2.05) is 42.5 Å². The zero-order valence-corrected chi connectivity index (χ0v) is 14.2. The molecule has 0 amide bonds. The quantitative estimate of drug-likeness (QED) is 0.433. The molecule has 0 fully saturated rings. The number of thioether (sulfide) groups is 1. The van der Waals surface area contributed by atoms with Crippen molar-refractivity contribution in [1.29, 1.82) is 0 Å². The maximum absolute atomic E-state index is 6.17. The fourth-order valence-electron chi connectivity index (χ4n) is 2.46. The molecule has 24 heavy (non-hydrogen) atoms. The van der Waals surface area contributed by atoms with Crippen LogP contribution in [0.3, 0.4) is 0 Å². The van der Waals surface area contributed by atoms with Gasteiger partial charge in [-0.15, -0.1) is 10.2 Å². The van der Waals surface area contributed by atoms with Gasteiger partial charge in [0.2, 0.25) is 5.89 Å². The smallest absolute Gasteiger partial charge is 0.277 e. The summed E-state index contributed by atoms with van der Waals surface area (Å²) >= 11 is 7.65. The molecule has 0 bridgehead atoms. The Morgan fingerprint density at radius 1 is 0.875 bits per heavy atom. The largest absolute Gasteiger partial charge is 0.411 e. The summed E-state index contributed by atoms with van der Waals surface area (Å²) in [5, 5.41) is 11.9. The van der Waals surface area contributed by atoms with E-state index in [0.29, 0.717) is 16.9 Å². The molecule has 0 atom stereocenters. The van der Waals surface area contributed by atoms with E-state index < -0.39 is 0 Å². The number of fused-ring (bicyclic) bond motifs is 1. The normalized spacial score (nSPS) is 11.0. The highest BCUT2D eigenvalue weighted by Gasteiger charge is 2.10. The van der Waals surface area contributed by atoms with Gasteiger partial charge in [-0.05, 0) is 34.5 Å². The van der Waals surface area contributed by atoms with Gasteiger partial charge in [-0.2, -0.15) is 0 Å². The highest BCUT2D eigenvalue weighted by Crippen LogP contribution is 2.29. The number of hydrogen-bond acceptors (Lipinski definition) is 4. The van der Waals surface area contributed by atoms with Crippen LogP contribution >= 0.6 is 23.4 Å². The lowest BCUT2D eigenvalue weighted by atomic mass is 10.1. The van der Waals surface area contributed by atoms with E-state index in [2.05, 4.69) is 34.5 Å². The summed E-state index contributed by atoms with van der Waals surface area (Å²) in [4.78, 5) is 0. The first-order valence-corrected chi connectivity index (χ1v) is 8.85. The number of benzene rings is 3. The van der Waals surface area contributed by atoms with Crippen LogP contribution in [0.1, 0.15) is 5.56 Å². The van der Waals surface area contributed by atoms with Crippen LogP contribution in [0.25, 0.3) is 22.2 Å². The summed E-state index contributed by atoms with van der Waals surface area (Å²) in [6.45, 7) is 0. The van der Waals surface area contributed by atoms with Crippen molar-refractivity contribution < 1.29 is 4.42 Å². The standard InChI is InChI=1S/C19H13ClN2OS/c20-17-8-4-3-7-16(17)12-24-19-22-21-18(23-19)15-10-9-13-5-1-2-6-14(13)11-15/h1-11H,12H2. The first kappa shape index (κ1) is 15.2. The van der Waals surface area contributed by atoms with E-state index in [0.717, 1.165) is 21.5 Å². The Bertz CT molecular complexity index is 999. The van der Waals surface area contributed by atoms with Crippen LogP contribution in [0.2, 0.25) is 5.02 Å². The van der Waals surface area contributed by atoms with Crippen LogP contribution in [-0.2, 0) is 5.75 Å². The number of rotatable bonds is 4. The number of halogens is 1. The molecule has 0 N–H and O–H groups in total. The monoisotopic (exact) mass is 352 g/mol. The molecular formula is C19H13ClN2OS. The average Bonchev–Trinajstić information content (AvgIpc) is 3.10. The van der Waals surface area contributed by atoms with Crippen LogP contribution in [0.15, 0.2) is 76.4 Å². The third kappa shape index (κ3) is 3.16. The Labute approximate surface area is 148 Å². The van der Waals surface area contributed by atoms with Crippen molar-refractivity contribution in [2.75, 3.05) is 0 Å². The van der Waals surface area contributed by atoms with Crippen molar-refractivity contribution in [3.05, 3.63) is 77.3 Å². The molecule has 0 unspecified atom stereocenters. The first-order valence-electron chi connectivity index (χ1n) is 7.48. The molecular weight excluding hydrogens is 340 g/mol. The lowest BCUT2D eigenvalue weighted by Gasteiger charge is -2.01.